The van der Waals surface area contributed by atoms with E-state index >= 15 is 0 Å². The van der Waals surface area contributed by atoms with Gasteiger partial charge in [0.25, 0.3) is 0 Å². The summed E-state index contributed by atoms with van der Waals surface area (Å²) in [5, 5.41) is 11.4. The van der Waals surface area contributed by atoms with E-state index in [2.05, 4.69) is 34.6 Å². The molecule has 2 rings (SSSR count). The van der Waals surface area contributed by atoms with Crippen LogP contribution in [0.5, 0.6) is 0 Å². The lowest BCUT2D eigenvalue weighted by atomic mass is 9.96. The molecule has 0 aliphatic heterocycles. The van der Waals surface area contributed by atoms with Crippen molar-refractivity contribution < 1.29 is 0 Å². The maximum atomic E-state index is 3.99. The fraction of sp³-hybridized carbons (Fsp3) is 0.571. The van der Waals surface area contributed by atoms with Crippen LogP contribution in [0.15, 0.2) is 30.1 Å². The van der Waals surface area contributed by atoms with E-state index in [1.807, 2.05) is 6.20 Å². The highest BCUT2D eigenvalue weighted by Crippen LogP contribution is 2.28. The van der Waals surface area contributed by atoms with Gasteiger partial charge >= 0.3 is 0 Å². The van der Waals surface area contributed by atoms with E-state index in [-0.39, 0.29) is 0 Å². The highest BCUT2D eigenvalue weighted by Gasteiger charge is 2.16. The monoisotopic (exact) mass is 231 g/mol. The van der Waals surface area contributed by atoms with Crippen molar-refractivity contribution in [3.05, 3.63) is 35.7 Å². The molecule has 1 aromatic heterocycles. The number of aromatic nitrogens is 2. The summed E-state index contributed by atoms with van der Waals surface area (Å²) in [5.41, 5.74) is 2.76. The molecule has 92 valence electrons. The average molecular weight is 231 g/mol. The van der Waals surface area contributed by atoms with Gasteiger partial charge in [0.05, 0.1) is 12.2 Å². The largest absolute Gasteiger partial charge is 0.307 e. The predicted molar refractivity (Wildman–Crippen MR) is 69.6 cm³/mol. The summed E-state index contributed by atoms with van der Waals surface area (Å²) in [6.07, 6.45) is 12.5. The molecule has 17 heavy (non-hydrogen) atoms. The van der Waals surface area contributed by atoms with Gasteiger partial charge < -0.3 is 5.32 Å². The minimum Gasteiger partial charge on any atom is -0.307 e. The topological polar surface area (TPSA) is 37.8 Å². The van der Waals surface area contributed by atoms with Crippen molar-refractivity contribution in [1.82, 2.24) is 15.5 Å². The number of rotatable bonds is 4. The molecule has 1 unspecified atom stereocenters. The Kier molecular flexibility index (Phi) is 4.68. The number of nitrogens with zero attached hydrogens (tertiary/aromatic N) is 2. The number of hydrogen-bond acceptors (Lipinski definition) is 3. The first-order valence-corrected chi connectivity index (χ1v) is 6.60. The summed E-state index contributed by atoms with van der Waals surface area (Å²) < 4.78 is 0. The van der Waals surface area contributed by atoms with Gasteiger partial charge in [-0.1, -0.05) is 25.0 Å². The van der Waals surface area contributed by atoms with Crippen LogP contribution in [0.4, 0.5) is 0 Å². The first-order valence-electron chi connectivity index (χ1n) is 6.60. The zero-order valence-corrected chi connectivity index (χ0v) is 10.5. The second-order valence-corrected chi connectivity index (χ2v) is 4.54. The molecule has 0 amide bonds. The summed E-state index contributed by atoms with van der Waals surface area (Å²) in [5.74, 6) is 0. The minimum atomic E-state index is 0.327. The highest BCUT2D eigenvalue weighted by molar-refractivity contribution is 5.25. The Balaban J connectivity index is 2.19. The molecule has 0 bridgehead atoms. The van der Waals surface area contributed by atoms with Crippen LogP contribution in [0.1, 0.15) is 50.6 Å². The molecule has 0 spiro atoms. The molecule has 3 nitrogen and oxygen atoms in total. The van der Waals surface area contributed by atoms with Gasteiger partial charge in [-0.3, -0.25) is 0 Å². The van der Waals surface area contributed by atoms with Gasteiger partial charge in [-0.25, -0.2) is 0 Å². The third-order valence-corrected chi connectivity index (χ3v) is 3.30. The molecule has 1 N–H and O–H groups in total. The van der Waals surface area contributed by atoms with Crippen molar-refractivity contribution in [2.75, 3.05) is 6.54 Å². The van der Waals surface area contributed by atoms with Crippen molar-refractivity contribution in [3.63, 3.8) is 0 Å². The van der Waals surface area contributed by atoms with Crippen LogP contribution in [-0.2, 0) is 0 Å². The summed E-state index contributed by atoms with van der Waals surface area (Å²) in [7, 11) is 0. The zero-order chi connectivity index (χ0) is 11.9. The molecule has 1 atom stereocenters. The maximum Gasteiger partial charge on any atom is 0.0552 e. The Morgan fingerprint density at radius 2 is 2.24 bits per heavy atom. The Hall–Kier alpha value is -1.22. The zero-order valence-electron chi connectivity index (χ0n) is 10.5. The van der Waals surface area contributed by atoms with E-state index in [1.165, 1.54) is 43.2 Å². The van der Waals surface area contributed by atoms with Gasteiger partial charge in [-0.05, 0) is 43.9 Å². The number of nitrogens with one attached hydrogen (secondary N) is 1. The SMILES string of the molecule is CCNC(C1=CCCCCC1)c1ccnnc1. The summed E-state index contributed by atoms with van der Waals surface area (Å²) in [6.45, 7) is 3.13. The summed E-state index contributed by atoms with van der Waals surface area (Å²) in [6, 6.07) is 2.39. The van der Waals surface area contributed by atoms with Gasteiger partial charge in [0.15, 0.2) is 0 Å². The lowest BCUT2D eigenvalue weighted by molar-refractivity contribution is 0.586. The fourth-order valence-corrected chi connectivity index (χ4v) is 2.44. The molecule has 1 aromatic rings. The standard InChI is InChI=1S/C14H21N3/c1-2-15-14(13-9-10-16-17-11-13)12-7-5-3-4-6-8-12/h7,9-11,14-15H,2-6,8H2,1H3. The number of hydrogen-bond donors (Lipinski definition) is 1. The Labute approximate surface area is 103 Å². The lowest BCUT2D eigenvalue weighted by Gasteiger charge is -2.21. The molecular formula is C14H21N3. The third kappa shape index (κ3) is 3.37. The van der Waals surface area contributed by atoms with Gasteiger partial charge in [-0.15, -0.1) is 0 Å². The first kappa shape index (κ1) is 12.2. The third-order valence-electron chi connectivity index (χ3n) is 3.30. The van der Waals surface area contributed by atoms with E-state index in [1.54, 1.807) is 6.20 Å². The predicted octanol–water partition coefficient (Wildman–Crippen LogP) is 3.02. The van der Waals surface area contributed by atoms with E-state index in [0.717, 1.165) is 6.54 Å². The van der Waals surface area contributed by atoms with Gasteiger partial charge in [-0.2, -0.15) is 10.2 Å². The average Bonchev–Trinajstić information content (AvgIpc) is 2.66. The van der Waals surface area contributed by atoms with Crippen LogP contribution in [0, 0.1) is 0 Å². The van der Waals surface area contributed by atoms with Crippen molar-refractivity contribution >= 4 is 0 Å². The first-order chi connectivity index (χ1) is 8.42. The van der Waals surface area contributed by atoms with Crippen molar-refractivity contribution in [3.8, 4) is 0 Å². The van der Waals surface area contributed by atoms with E-state index in [4.69, 9.17) is 0 Å². The minimum absolute atomic E-state index is 0.327. The second kappa shape index (κ2) is 6.50. The van der Waals surface area contributed by atoms with Crippen LogP contribution >= 0.6 is 0 Å². The van der Waals surface area contributed by atoms with Crippen LogP contribution in [-0.4, -0.2) is 16.7 Å². The molecule has 0 saturated heterocycles. The van der Waals surface area contributed by atoms with E-state index in [9.17, 15) is 0 Å². The summed E-state index contributed by atoms with van der Waals surface area (Å²) >= 11 is 0. The van der Waals surface area contributed by atoms with Crippen molar-refractivity contribution in [2.24, 2.45) is 0 Å². The fourth-order valence-electron chi connectivity index (χ4n) is 2.44. The lowest BCUT2D eigenvalue weighted by Crippen LogP contribution is -2.23. The van der Waals surface area contributed by atoms with Gasteiger partial charge in [0.2, 0.25) is 0 Å². The van der Waals surface area contributed by atoms with E-state index < -0.39 is 0 Å². The number of likely N-dealkylation sites (N-methyl/N-ethyl adjacent to an activating group) is 1. The second-order valence-electron chi connectivity index (χ2n) is 4.54. The Morgan fingerprint density at radius 3 is 3.00 bits per heavy atom. The van der Waals surface area contributed by atoms with Crippen LogP contribution in [0.25, 0.3) is 0 Å². The van der Waals surface area contributed by atoms with Crippen molar-refractivity contribution in [1.29, 1.82) is 0 Å². The molecule has 0 radical (unpaired) electrons. The van der Waals surface area contributed by atoms with Gasteiger partial charge in [0, 0.05) is 6.20 Å². The molecule has 0 aromatic carbocycles. The van der Waals surface area contributed by atoms with Crippen LogP contribution in [0.3, 0.4) is 0 Å². The normalized spacial score (nSPS) is 18.3. The molecule has 1 heterocycles. The molecule has 1 aliphatic rings. The van der Waals surface area contributed by atoms with Crippen molar-refractivity contribution in [2.45, 2.75) is 45.1 Å². The highest BCUT2D eigenvalue weighted by atomic mass is 15.1. The Bertz CT molecular complexity index is 359. The molecule has 0 saturated carbocycles. The Morgan fingerprint density at radius 1 is 1.29 bits per heavy atom. The van der Waals surface area contributed by atoms with Crippen LogP contribution < -0.4 is 5.32 Å². The van der Waals surface area contributed by atoms with E-state index in [0.29, 0.717) is 6.04 Å². The number of allylic oxidation sites excluding steroid dienone is 1. The van der Waals surface area contributed by atoms with Gasteiger partial charge in [0.1, 0.15) is 0 Å². The molecule has 3 heteroatoms. The smallest absolute Gasteiger partial charge is 0.0552 e. The van der Waals surface area contributed by atoms with Crippen LogP contribution in [0.2, 0.25) is 0 Å². The molecule has 1 aliphatic carbocycles. The molecule has 0 fully saturated rings. The molecular weight excluding hydrogens is 210 g/mol. The quantitative estimate of drug-likeness (QED) is 0.809. The summed E-state index contributed by atoms with van der Waals surface area (Å²) in [4.78, 5) is 0. The maximum absolute atomic E-state index is 3.99.